The van der Waals surface area contributed by atoms with E-state index in [0.717, 1.165) is 24.9 Å². The third-order valence-electron chi connectivity index (χ3n) is 4.74. The molecule has 5 heteroatoms. The Balaban J connectivity index is 2.05. The van der Waals surface area contributed by atoms with Crippen molar-refractivity contribution in [3.63, 3.8) is 0 Å². The molecule has 2 heterocycles. The van der Waals surface area contributed by atoms with Crippen LogP contribution in [0.2, 0.25) is 0 Å². The highest BCUT2D eigenvalue weighted by atomic mass is 16.2. The summed E-state index contributed by atoms with van der Waals surface area (Å²) in [6.07, 6.45) is 3.31. The largest absolute Gasteiger partial charge is 0.336 e. The first-order valence-corrected chi connectivity index (χ1v) is 8.35. The number of carbonyl (C=O) groups is 1. The first-order chi connectivity index (χ1) is 11.0. The number of aromatic nitrogens is 2. The third kappa shape index (κ3) is 2.76. The standard InChI is InChI=1S/C18H23N3O2/c1-4-20-16-9-8-14(11-15(16)19-13(3)17(20)22)18(23)21-10-6-5-7-12(21)2/h8-9,11-12H,4-7,10H2,1-3H3/t12-/m0/s1. The van der Waals surface area contributed by atoms with Crippen LogP contribution in [-0.4, -0.2) is 32.9 Å². The summed E-state index contributed by atoms with van der Waals surface area (Å²) in [4.78, 5) is 31.3. The lowest BCUT2D eigenvalue weighted by molar-refractivity contribution is 0.0636. The zero-order valence-corrected chi connectivity index (χ0v) is 14.0. The maximum Gasteiger partial charge on any atom is 0.272 e. The van der Waals surface area contributed by atoms with Crippen molar-refractivity contribution in [1.29, 1.82) is 0 Å². The van der Waals surface area contributed by atoms with Gasteiger partial charge in [0.1, 0.15) is 5.69 Å². The van der Waals surface area contributed by atoms with E-state index in [1.165, 1.54) is 6.42 Å². The molecule has 1 saturated heterocycles. The zero-order valence-electron chi connectivity index (χ0n) is 14.0. The van der Waals surface area contributed by atoms with Gasteiger partial charge in [-0.25, -0.2) is 4.98 Å². The van der Waals surface area contributed by atoms with Gasteiger partial charge in [0.2, 0.25) is 0 Å². The molecule has 1 aromatic heterocycles. The van der Waals surface area contributed by atoms with Gasteiger partial charge in [-0.1, -0.05) is 0 Å². The maximum absolute atomic E-state index is 12.8. The van der Waals surface area contributed by atoms with Crippen molar-refractivity contribution in [2.24, 2.45) is 0 Å². The van der Waals surface area contributed by atoms with E-state index >= 15 is 0 Å². The van der Waals surface area contributed by atoms with Crippen molar-refractivity contribution in [2.75, 3.05) is 6.54 Å². The van der Waals surface area contributed by atoms with Crippen molar-refractivity contribution < 1.29 is 4.79 Å². The quantitative estimate of drug-likeness (QED) is 0.856. The molecule has 0 bridgehead atoms. The van der Waals surface area contributed by atoms with Crippen molar-refractivity contribution >= 4 is 16.9 Å². The number of hydrogen-bond acceptors (Lipinski definition) is 3. The molecule has 0 radical (unpaired) electrons. The smallest absolute Gasteiger partial charge is 0.272 e. The molecule has 122 valence electrons. The summed E-state index contributed by atoms with van der Waals surface area (Å²) >= 11 is 0. The van der Waals surface area contributed by atoms with E-state index in [2.05, 4.69) is 11.9 Å². The molecule has 2 aromatic rings. The average molecular weight is 313 g/mol. The number of likely N-dealkylation sites (tertiary alicyclic amines) is 1. The van der Waals surface area contributed by atoms with Crippen LogP contribution < -0.4 is 5.56 Å². The Morgan fingerprint density at radius 2 is 2.13 bits per heavy atom. The van der Waals surface area contributed by atoms with Gasteiger partial charge in [0.25, 0.3) is 11.5 Å². The van der Waals surface area contributed by atoms with Crippen LogP contribution in [0.1, 0.15) is 49.2 Å². The number of nitrogens with zero attached hydrogens (tertiary/aromatic N) is 3. The Hall–Kier alpha value is -2.17. The van der Waals surface area contributed by atoms with Gasteiger partial charge in [0, 0.05) is 24.7 Å². The second kappa shape index (κ2) is 6.14. The molecule has 0 saturated carbocycles. The van der Waals surface area contributed by atoms with Crippen LogP contribution in [0.3, 0.4) is 0 Å². The van der Waals surface area contributed by atoms with Gasteiger partial charge in [0.05, 0.1) is 11.0 Å². The number of hydrogen-bond donors (Lipinski definition) is 0. The predicted octanol–water partition coefficient (Wildman–Crippen LogP) is 2.74. The number of fused-ring (bicyclic) bond motifs is 1. The molecule has 0 unspecified atom stereocenters. The lowest BCUT2D eigenvalue weighted by atomic mass is 10.0. The van der Waals surface area contributed by atoms with Gasteiger partial charge in [-0.3, -0.25) is 9.59 Å². The molecule has 1 aliphatic rings. The average Bonchev–Trinajstić information content (AvgIpc) is 2.55. The van der Waals surface area contributed by atoms with Crippen LogP contribution in [0.5, 0.6) is 0 Å². The highest BCUT2D eigenvalue weighted by molar-refractivity contribution is 5.97. The summed E-state index contributed by atoms with van der Waals surface area (Å²) in [7, 11) is 0. The second-order valence-electron chi connectivity index (χ2n) is 6.29. The van der Waals surface area contributed by atoms with Gasteiger partial charge in [-0.15, -0.1) is 0 Å². The molecular weight excluding hydrogens is 290 g/mol. The first kappa shape index (κ1) is 15.7. The van der Waals surface area contributed by atoms with E-state index < -0.39 is 0 Å². The number of piperidine rings is 1. The minimum atomic E-state index is -0.0660. The summed E-state index contributed by atoms with van der Waals surface area (Å²) in [5.74, 6) is 0.0628. The first-order valence-electron chi connectivity index (χ1n) is 8.35. The fourth-order valence-electron chi connectivity index (χ4n) is 3.39. The van der Waals surface area contributed by atoms with Crippen LogP contribution >= 0.6 is 0 Å². The van der Waals surface area contributed by atoms with Gasteiger partial charge < -0.3 is 9.47 Å². The lowest BCUT2D eigenvalue weighted by Crippen LogP contribution is -2.42. The lowest BCUT2D eigenvalue weighted by Gasteiger charge is -2.33. The van der Waals surface area contributed by atoms with E-state index in [1.54, 1.807) is 11.5 Å². The van der Waals surface area contributed by atoms with Gasteiger partial charge in [0.15, 0.2) is 0 Å². The Morgan fingerprint density at radius 1 is 1.35 bits per heavy atom. The summed E-state index contributed by atoms with van der Waals surface area (Å²) in [6, 6.07) is 5.76. The normalized spacial score (nSPS) is 18.4. The molecule has 1 fully saturated rings. The molecule has 0 aliphatic carbocycles. The van der Waals surface area contributed by atoms with Gasteiger partial charge in [-0.05, 0) is 58.2 Å². The second-order valence-corrected chi connectivity index (χ2v) is 6.29. The summed E-state index contributed by atoms with van der Waals surface area (Å²) in [5, 5.41) is 0. The molecule has 1 aromatic carbocycles. The molecule has 1 aliphatic heterocycles. The molecule has 23 heavy (non-hydrogen) atoms. The minimum Gasteiger partial charge on any atom is -0.336 e. The molecular formula is C18H23N3O2. The van der Waals surface area contributed by atoms with E-state index in [1.807, 2.05) is 30.0 Å². The number of aryl methyl sites for hydroxylation is 2. The highest BCUT2D eigenvalue weighted by Crippen LogP contribution is 2.21. The van der Waals surface area contributed by atoms with Crippen LogP contribution in [0.15, 0.2) is 23.0 Å². The van der Waals surface area contributed by atoms with Crippen molar-refractivity contribution in [2.45, 2.75) is 52.6 Å². The van der Waals surface area contributed by atoms with E-state index in [9.17, 15) is 9.59 Å². The molecule has 0 spiro atoms. The fraction of sp³-hybridized carbons (Fsp3) is 0.500. The maximum atomic E-state index is 12.8. The summed E-state index contributed by atoms with van der Waals surface area (Å²) in [5.41, 5.74) is 2.55. The highest BCUT2D eigenvalue weighted by Gasteiger charge is 2.24. The Kier molecular flexibility index (Phi) is 4.20. The number of carbonyl (C=O) groups excluding carboxylic acids is 1. The zero-order chi connectivity index (χ0) is 16.6. The minimum absolute atomic E-state index is 0.0628. The van der Waals surface area contributed by atoms with Crippen LogP contribution in [-0.2, 0) is 6.54 Å². The molecule has 5 nitrogen and oxygen atoms in total. The topological polar surface area (TPSA) is 55.2 Å². The Labute approximate surface area is 135 Å². The van der Waals surface area contributed by atoms with Crippen molar-refractivity contribution in [1.82, 2.24) is 14.5 Å². The molecule has 1 atom stereocenters. The number of rotatable bonds is 2. The van der Waals surface area contributed by atoms with Crippen LogP contribution in [0.25, 0.3) is 11.0 Å². The summed E-state index contributed by atoms with van der Waals surface area (Å²) < 4.78 is 1.70. The van der Waals surface area contributed by atoms with Crippen LogP contribution in [0.4, 0.5) is 0 Å². The van der Waals surface area contributed by atoms with Crippen LogP contribution in [0, 0.1) is 6.92 Å². The van der Waals surface area contributed by atoms with E-state index in [0.29, 0.717) is 23.3 Å². The van der Waals surface area contributed by atoms with Gasteiger partial charge in [-0.2, -0.15) is 0 Å². The predicted molar refractivity (Wildman–Crippen MR) is 90.8 cm³/mol. The third-order valence-corrected chi connectivity index (χ3v) is 4.74. The molecule has 1 amide bonds. The van der Waals surface area contributed by atoms with Crippen molar-refractivity contribution in [3.8, 4) is 0 Å². The fourth-order valence-corrected chi connectivity index (χ4v) is 3.39. The number of benzene rings is 1. The molecule has 3 rings (SSSR count). The Bertz CT molecular complexity index is 810. The SMILES string of the molecule is CCn1c(=O)c(C)nc2cc(C(=O)N3CCCC[C@@H]3C)ccc21. The molecule has 0 N–H and O–H groups in total. The van der Waals surface area contributed by atoms with Gasteiger partial charge >= 0.3 is 0 Å². The monoisotopic (exact) mass is 313 g/mol. The Morgan fingerprint density at radius 3 is 2.83 bits per heavy atom. The van der Waals surface area contributed by atoms with Crippen molar-refractivity contribution in [3.05, 3.63) is 39.8 Å². The number of amides is 1. The van der Waals surface area contributed by atoms with E-state index in [-0.39, 0.29) is 17.5 Å². The van der Waals surface area contributed by atoms with E-state index in [4.69, 9.17) is 0 Å². The summed E-state index contributed by atoms with van der Waals surface area (Å²) in [6.45, 7) is 7.17.